The number of carbonyl (C=O) groups excluding carboxylic acids is 18. The van der Waals surface area contributed by atoms with Gasteiger partial charge >= 0.3 is 107 Å². The van der Waals surface area contributed by atoms with Gasteiger partial charge in [-0.3, -0.25) is 19.2 Å². The maximum absolute atomic E-state index is 13.3. The fourth-order valence-corrected chi connectivity index (χ4v) is 4.84. The minimum atomic E-state index is -2.38. The Morgan fingerprint density at radius 1 is 0.233 bits per heavy atom. The van der Waals surface area contributed by atoms with Crippen molar-refractivity contribution in [2.45, 2.75) is 106 Å². The van der Waals surface area contributed by atoms with Crippen LogP contribution in [0.25, 0.3) is 0 Å². The second-order valence-corrected chi connectivity index (χ2v) is 17.2. The molecule has 0 aromatic carbocycles. The molecule has 0 saturated carbocycles. The second kappa shape index (κ2) is 41.5. The fourth-order valence-electron chi connectivity index (χ4n) is 4.84. The SMILES string of the molecule is CCC(=O)OCC(=O)OCC(=O)OCC(=O)OC(C)C(=O)OCC(COC(=O)C(C)OC(=O)COC(=O)COC(=O)CC)(COC(=O)C(C)OC(=O)COC(=O)COC(=O)CC)COC(=O)C(C)OC(=O)COC(=O)COC(=O)COC(=O)C(C)C. The summed E-state index contributed by atoms with van der Waals surface area (Å²) in [4.78, 5) is 220. The molecule has 36 nitrogen and oxygen atoms in total. The molecule has 0 aromatic heterocycles. The van der Waals surface area contributed by atoms with Gasteiger partial charge in [-0.1, -0.05) is 34.6 Å². The smallest absolute Gasteiger partial charge is 0.347 e. The zero-order valence-corrected chi connectivity index (χ0v) is 48.1. The van der Waals surface area contributed by atoms with E-state index in [0.717, 1.165) is 27.7 Å². The highest BCUT2D eigenvalue weighted by molar-refractivity contribution is 5.86. The zero-order chi connectivity index (χ0) is 65.5. The minimum absolute atomic E-state index is 0.0664. The second-order valence-electron chi connectivity index (χ2n) is 17.2. The summed E-state index contributed by atoms with van der Waals surface area (Å²) in [6.45, 7) is -3.99. The number of ether oxygens (including phenoxy) is 18. The van der Waals surface area contributed by atoms with Crippen LogP contribution in [0, 0.1) is 11.3 Å². The largest absolute Gasteiger partial charge is 0.462 e. The molecule has 4 atom stereocenters. The normalized spacial score (nSPS) is 12.5. The van der Waals surface area contributed by atoms with Crippen LogP contribution in [0.15, 0.2) is 0 Å². The van der Waals surface area contributed by atoms with Crippen LogP contribution in [0.5, 0.6) is 0 Å². The van der Waals surface area contributed by atoms with Crippen molar-refractivity contribution in [3.8, 4) is 0 Å². The first-order valence-corrected chi connectivity index (χ1v) is 25.4. The Kier molecular flexibility index (Phi) is 36.9. The van der Waals surface area contributed by atoms with E-state index in [0.29, 0.717) is 0 Å². The first kappa shape index (κ1) is 76.5. The summed E-state index contributed by atoms with van der Waals surface area (Å²) in [6.07, 6.45) is -7.88. The Morgan fingerprint density at radius 2 is 0.407 bits per heavy atom. The minimum Gasteiger partial charge on any atom is -0.462 e. The monoisotopic (exact) mass is 1240 g/mol. The van der Waals surface area contributed by atoms with Crippen molar-refractivity contribution in [1.82, 2.24) is 0 Å². The van der Waals surface area contributed by atoms with Gasteiger partial charge in [0.2, 0.25) is 0 Å². The van der Waals surface area contributed by atoms with E-state index in [2.05, 4.69) is 47.4 Å². The highest BCUT2D eigenvalue weighted by Crippen LogP contribution is 2.23. The van der Waals surface area contributed by atoms with Crippen molar-refractivity contribution >= 4 is 107 Å². The van der Waals surface area contributed by atoms with Crippen molar-refractivity contribution in [2.24, 2.45) is 11.3 Å². The van der Waals surface area contributed by atoms with Crippen LogP contribution in [-0.4, -0.2) is 224 Å². The maximum Gasteiger partial charge on any atom is 0.347 e. The van der Waals surface area contributed by atoms with E-state index in [1.165, 1.54) is 34.6 Å². The summed E-state index contributed by atoms with van der Waals surface area (Å²) in [6, 6.07) is 0. The lowest BCUT2D eigenvalue weighted by molar-refractivity contribution is -0.189. The molecule has 482 valence electrons. The Hall–Kier alpha value is -9.54. The average molecular weight is 1240 g/mol. The van der Waals surface area contributed by atoms with Crippen molar-refractivity contribution in [3.63, 3.8) is 0 Å². The maximum atomic E-state index is 13.3. The molecule has 0 aliphatic heterocycles. The molecule has 0 rings (SSSR count). The summed E-state index contributed by atoms with van der Waals surface area (Å²) in [5, 5.41) is 0. The van der Waals surface area contributed by atoms with Gasteiger partial charge in [-0.2, -0.15) is 0 Å². The van der Waals surface area contributed by atoms with Crippen LogP contribution >= 0.6 is 0 Å². The van der Waals surface area contributed by atoms with E-state index < -0.39 is 236 Å². The highest BCUT2D eigenvalue weighted by Gasteiger charge is 2.41. The molecule has 0 fully saturated rings. The lowest BCUT2D eigenvalue weighted by Gasteiger charge is -2.32. The molecule has 86 heavy (non-hydrogen) atoms. The van der Waals surface area contributed by atoms with Gasteiger partial charge in [-0.15, -0.1) is 0 Å². The molecular formula is C50H66O36. The molecule has 0 heterocycles. The molecule has 0 aromatic rings. The van der Waals surface area contributed by atoms with E-state index in [1.54, 1.807) is 0 Å². The summed E-state index contributed by atoms with van der Waals surface area (Å²) in [5.41, 5.74) is -2.38. The number of rotatable bonds is 40. The van der Waals surface area contributed by atoms with Crippen LogP contribution in [0.3, 0.4) is 0 Å². The molecule has 0 aliphatic rings. The first-order valence-electron chi connectivity index (χ1n) is 25.4. The van der Waals surface area contributed by atoms with Gasteiger partial charge in [-0.25, -0.2) is 67.1 Å². The number of esters is 18. The molecular weight excluding hydrogens is 1180 g/mol. The predicted octanol–water partition coefficient (Wildman–Crippen LogP) is -2.81. The molecule has 36 heteroatoms. The Bertz CT molecular complexity index is 2350. The van der Waals surface area contributed by atoms with Gasteiger partial charge < -0.3 is 85.3 Å². The number of carbonyl (C=O) groups is 18. The van der Waals surface area contributed by atoms with E-state index in [-0.39, 0.29) is 19.3 Å². The van der Waals surface area contributed by atoms with Gasteiger partial charge in [0.25, 0.3) is 0 Å². The molecule has 0 bridgehead atoms. The molecule has 0 saturated heterocycles. The van der Waals surface area contributed by atoms with E-state index in [1.807, 2.05) is 0 Å². The van der Waals surface area contributed by atoms with Crippen molar-refractivity contribution in [3.05, 3.63) is 0 Å². The van der Waals surface area contributed by atoms with Crippen LogP contribution in [0.1, 0.15) is 81.6 Å². The average Bonchev–Trinajstić information content (AvgIpc) is 2.49. The summed E-state index contributed by atoms with van der Waals surface area (Å²) >= 11 is 0. The number of hydrogen-bond donors (Lipinski definition) is 0. The van der Waals surface area contributed by atoms with Gasteiger partial charge in [0.05, 0.1) is 5.92 Å². The van der Waals surface area contributed by atoms with E-state index in [4.69, 9.17) is 37.9 Å². The van der Waals surface area contributed by atoms with Crippen LogP contribution in [0.2, 0.25) is 0 Å². The molecule has 0 amide bonds. The third kappa shape index (κ3) is 35.5. The third-order valence-electron chi connectivity index (χ3n) is 9.47. The van der Waals surface area contributed by atoms with Crippen molar-refractivity contribution in [2.75, 3.05) is 92.5 Å². The first-order chi connectivity index (χ1) is 40.3. The van der Waals surface area contributed by atoms with Crippen LogP contribution in [-0.2, 0) is 172 Å². The van der Waals surface area contributed by atoms with Gasteiger partial charge in [-0.05, 0) is 27.7 Å². The third-order valence-corrected chi connectivity index (χ3v) is 9.47. The number of hydrogen-bond acceptors (Lipinski definition) is 36. The summed E-state index contributed by atoms with van der Waals surface area (Å²) in [5.74, 6) is -22.3. The zero-order valence-electron chi connectivity index (χ0n) is 48.1. The topological polar surface area (TPSA) is 473 Å². The Labute approximate surface area is 488 Å². The molecule has 0 spiro atoms. The van der Waals surface area contributed by atoms with Gasteiger partial charge in [0, 0.05) is 19.3 Å². The Balaban J connectivity index is 6.64. The van der Waals surface area contributed by atoms with Crippen LogP contribution in [0.4, 0.5) is 0 Å². The van der Waals surface area contributed by atoms with Crippen molar-refractivity contribution < 1.29 is 172 Å². The highest BCUT2D eigenvalue weighted by atomic mass is 16.7. The fraction of sp³-hybridized carbons (Fsp3) is 0.640. The molecule has 0 N–H and O–H groups in total. The van der Waals surface area contributed by atoms with Crippen molar-refractivity contribution in [1.29, 1.82) is 0 Å². The predicted molar refractivity (Wildman–Crippen MR) is 264 cm³/mol. The Morgan fingerprint density at radius 3 is 0.593 bits per heavy atom. The van der Waals surface area contributed by atoms with E-state index >= 15 is 0 Å². The summed E-state index contributed by atoms with van der Waals surface area (Å²) in [7, 11) is 0. The lowest BCUT2D eigenvalue weighted by Crippen LogP contribution is -2.47. The van der Waals surface area contributed by atoms with Gasteiger partial charge in [0.1, 0.15) is 31.8 Å². The molecule has 0 radical (unpaired) electrons. The van der Waals surface area contributed by atoms with E-state index in [9.17, 15) is 86.3 Å². The molecule has 0 aliphatic carbocycles. The standard InChI is InChI=1S/C50H66O36/c1-10-32(51)69-13-35(54)72-16-38(57)76-21-43(62)85-30(8)48(67)81-25-50(23-79-46(65)28(6)83-41(60)19-74-36(55)14-70-33(52)11-2,24-80-47(66)29(7)84-42(61)20-75-37(56)15-71-34(53)12-3)26-82-49(68)31(9)86-44(63)22-77-39(58)17-73-40(59)18-78-45(64)27(4)5/h27-31H,10-26H2,1-9H3. The lowest BCUT2D eigenvalue weighted by atomic mass is 9.92. The quantitative estimate of drug-likeness (QED) is 0.0441. The van der Waals surface area contributed by atoms with Gasteiger partial charge in [0.15, 0.2) is 90.5 Å². The molecule has 4 unspecified atom stereocenters. The van der Waals surface area contributed by atoms with Crippen LogP contribution < -0.4 is 0 Å². The summed E-state index contributed by atoms with van der Waals surface area (Å²) < 4.78 is 86.8.